The van der Waals surface area contributed by atoms with Crippen molar-refractivity contribution in [3.05, 3.63) is 0 Å². The Morgan fingerprint density at radius 1 is 1.15 bits per heavy atom. The van der Waals surface area contributed by atoms with Crippen molar-refractivity contribution in [3.63, 3.8) is 0 Å². The van der Waals surface area contributed by atoms with Crippen molar-refractivity contribution in [1.82, 2.24) is 4.72 Å². The van der Waals surface area contributed by atoms with Crippen LogP contribution < -0.4 is 4.72 Å². The van der Waals surface area contributed by atoms with Gasteiger partial charge >= 0.3 is 0 Å². The largest absolute Gasteiger partial charge is 0.214 e. The normalized spacial score (nSPS) is 15.3. The molecular weight excluding hydrogens is 186 g/mol. The summed E-state index contributed by atoms with van der Waals surface area (Å²) in [5.74, 6) is 0.346. The number of hydrogen-bond donors (Lipinski definition) is 1. The lowest BCUT2D eigenvalue weighted by Crippen LogP contribution is -2.41. The maximum Gasteiger partial charge on any atom is 0.214 e. The van der Waals surface area contributed by atoms with Crippen LogP contribution in [0.3, 0.4) is 0 Å². The molecule has 0 saturated heterocycles. The van der Waals surface area contributed by atoms with Gasteiger partial charge in [-0.15, -0.1) is 0 Å². The summed E-state index contributed by atoms with van der Waals surface area (Å²) in [6.45, 7) is 9.42. The molecule has 1 unspecified atom stereocenters. The van der Waals surface area contributed by atoms with Crippen LogP contribution >= 0.6 is 0 Å². The molecule has 13 heavy (non-hydrogen) atoms. The average molecular weight is 207 g/mol. The lowest BCUT2D eigenvalue weighted by atomic mass is 10.0. The minimum Gasteiger partial charge on any atom is -0.212 e. The van der Waals surface area contributed by atoms with Crippen molar-refractivity contribution >= 4 is 10.0 Å². The van der Waals surface area contributed by atoms with Crippen molar-refractivity contribution in [3.8, 4) is 0 Å². The highest BCUT2D eigenvalue weighted by Crippen LogP contribution is 2.08. The zero-order valence-electron chi connectivity index (χ0n) is 9.16. The van der Waals surface area contributed by atoms with Gasteiger partial charge in [-0.25, -0.2) is 13.1 Å². The van der Waals surface area contributed by atoms with Gasteiger partial charge < -0.3 is 0 Å². The molecule has 0 saturated carbocycles. The molecule has 0 aromatic carbocycles. The molecule has 0 fully saturated rings. The number of hydrogen-bond acceptors (Lipinski definition) is 2. The Morgan fingerprint density at radius 2 is 1.62 bits per heavy atom. The molecule has 0 bridgehead atoms. The highest BCUT2D eigenvalue weighted by atomic mass is 32.2. The third kappa shape index (κ3) is 4.09. The van der Waals surface area contributed by atoms with E-state index in [1.54, 1.807) is 13.8 Å². The molecule has 0 rings (SSSR count). The van der Waals surface area contributed by atoms with Gasteiger partial charge in [0.25, 0.3) is 0 Å². The summed E-state index contributed by atoms with van der Waals surface area (Å²) in [7, 11) is -3.10. The summed E-state index contributed by atoms with van der Waals surface area (Å²) in [5, 5.41) is -0.347. The maximum absolute atomic E-state index is 11.5. The molecule has 80 valence electrons. The van der Waals surface area contributed by atoms with Crippen LogP contribution in [0.5, 0.6) is 0 Å². The zero-order valence-corrected chi connectivity index (χ0v) is 9.98. The smallest absolute Gasteiger partial charge is 0.212 e. The SMILES string of the molecule is CCC(NS(=O)(=O)C(C)C)C(C)C. The Balaban J connectivity index is 4.41. The second kappa shape index (κ2) is 4.96. The van der Waals surface area contributed by atoms with E-state index >= 15 is 0 Å². The van der Waals surface area contributed by atoms with Crippen molar-refractivity contribution in [1.29, 1.82) is 0 Å². The van der Waals surface area contributed by atoms with E-state index in [0.717, 1.165) is 6.42 Å². The molecule has 0 aromatic rings. The summed E-state index contributed by atoms with van der Waals surface area (Å²) in [6.07, 6.45) is 0.837. The maximum atomic E-state index is 11.5. The lowest BCUT2D eigenvalue weighted by molar-refractivity contribution is 0.435. The van der Waals surface area contributed by atoms with Crippen molar-refractivity contribution in [2.24, 2.45) is 5.92 Å². The molecule has 0 radical (unpaired) electrons. The van der Waals surface area contributed by atoms with Gasteiger partial charge in [-0.2, -0.15) is 0 Å². The van der Waals surface area contributed by atoms with E-state index in [1.807, 2.05) is 20.8 Å². The first kappa shape index (κ1) is 12.9. The topological polar surface area (TPSA) is 46.2 Å². The number of nitrogens with one attached hydrogen (secondary N) is 1. The predicted molar refractivity (Wildman–Crippen MR) is 56.1 cm³/mol. The minimum atomic E-state index is -3.10. The molecular formula is C9H21NO2S. The van der Waals surface area contributed by atoms with Crippen LogP contribution in [0.15, 0.2) is 0 Å². The first-order valence-corrected chi connectivity index (χ1v) is 6.37. The molecule has 1 N–H and O–H groups in total. The van der Waals surface area contributed by atoms with Crippen LogP contribution in [-0.4, -0.2) is 19.7 Å². The van der Waals surface area contributed by atoms with Crippen LogP contribution in [-0.2, 0) is 10.0 Å². The molecule has 0 aliphatic rings. The minimum absolute atomic E-state index is 0.0624. The van der Waals surface area contributed by atoms with E-state index in [9.17, 15) is 8.42 Å². The summed E-state index contributed by atoms with van der Waals surface area (Å²) >= 11 is 0. The standard InChI is InChI=1S/C9H21NO2S/c1-6-9(7(2)3)10-13(11,12)8(4)5/h7-10H,6H2,1-5H3. The second-order valence-electron chi connectivity index (χ2n) is 3.97. The monoisotopic (exact) mass is 207 g/mol. The molecule has 0 aromatic heterocycles. The Kier molecular flexibility index (Phi) is 4.92. The van der Waals surface area contributed by atoms with Crippen molar-refractivity contribution in [2.45, 2.75) is 52.3 Å². The van der Waals surface area contributed by atoms with Gasteiger partial charge in [-0.1, -0.05) is 20.8 Å². The van der Waals surface area contributed by atoms with Gasteiger partial charge in [-0.05, 0) is 26.2 Å². The Bertz CT molecular complexity index is 232. The van der Waals surface area contributed by atoms with Crippen molar-refractivity contribution in [2.75, 3.05) is 0 Å². The van der Waals surface area contributed by atoms with Crippen LogP contribution in [0.1, 0.15) is 41.0 Å². The zero-order chi connectivity index (χ0) is 10.6. The average Bonchev–Trinajstić information content (AvgIpc) is 1.99. The van der Waals surface area contributed by atoms with Gasteiger partial charge in [0, 0.05) is 6.04 Å². The van der Waals surface area contributed by atoms with Gasteiger partial charge in [0.2, 0.25) is 10.0 Å². The molecule has 0 amide bonds. The van der Waals surface area contributed by atoms with Crippen LogP contribution in [0.4, 0.5) is 0 Å². The Morgan fingerprint density at radius 3 is 1.85 bits per heavy atom. The van der Waals surface area contributed by atoms with E-state index in [4.69, 9.17) is 0 Å². The fourth-order valence-corrected chi connectivity index (χ4v) is 2.17. The Hall–Kier alpha value is -0.0900. The summed E-state index contributed by atoms with van der Waals surface area (Å²) in [6, 6.07) is 0.0624. The van der Waals surface area contributed by atoms with E-state index < -0.39 is 10.0 Å². The first-order valence-electron chi connectivity index (χ1n) is 4.82. The highest BCUT2D eigenvalue weighted by molar-refractivity contribution is 7.90. The third-order valence-corrected chi connectivity index (χ3v) is 4.05. The van der Waals surface area contributed by atoms with Gasteiger partial charge in [0.15, 0.2) is 0 Å². The van der Waals surface area contributed by atoms with Crippen LogP contribution in [0, 0.1) is 5.92 Å². The van der Waals surface area contributed by atoms with Crippen molar-refractivity contribution < 1.29 is 8.42 Å². The molecule has 0 heterocycles. The lowest BCUT2D eigenvalue weighted by Gasteiger charge is -2.21. The Labute approximate surface area is 82.0 Å². The second-order valence-corrected chi connectivity index (χ2v) is 6.24. The molecule has 0 spiro atoms. The number of rotatable bonds is 5. The van der Waals surface area contributed by atoms with E-state index in [0.29, 0.717) is 5.92 Å². The van der Waals surface area contributed by atoms with Crippen LogP contribution in [0.25, 0.3) is 0 Å². The summed E-state index contributed by atoms with van der Waals surface area (Å²) < 4.78 is 25.7. The van der Waals surface area contributed by atoms with Crippen LogP contribution in [0.2, 0.25) is 0 Å². The molecule has 4 heteroatoms. The quantitative estimate of drug-likeness (QED) is 0.746. The van der Waals surface area contributed by atoms with E-state index in [-0.39, 0.29) is 11.3 Å². The van der Waals surface area contributed by atoms with E-state index in [1.165, 1.54) is 0 Å². The molecule has 0 aliphatic heterocycles. The first-order chi connectivity index (χ1) is 5.81. The van der Waals surface area contributed by atoms with E-state index in [2.05, 4.69) is 4.72 Å². The molecule has 1 atom stereocenters. The number of sulfonamides is 1. The predicted octanol–water partition coefficient (Wildman–Crippen LogP) is 1.75. The fourth-order valence-electron chi connectivity index (χ4n) is 1.04. The van der Waals surface area contributed by atoms with Gasteiger partial charge in [-0.3, -0.25) is 0 Å². The molecule has 3 nitrogen and oxygen atoms in total. The highest BCUT2D eigenvalue weighted by Gasteiger charge is 2.21. The molecule has 0 aliphatic carbocycles. The third-order valence-electron chi connectivity index (χ3n) is 2.18. The van der Waals surface area contributed by atoms with Gasteiger partial charge in [0.05, 0.1) is 5.25 Å². The van der Waals surface area contributed by atoms with Gasteiger partial charge in [0.1, 0.15) is 0 Å². The summed E-state index contributed by atoms with van der Waals surface area (Å²) in [5.41, 5.74) is 0. The summed E-state index contributed by atoms with van der Waals surface area (Å²) in [4.78, 5) is 0. The fraction of sp³-hybridized carbons (Fsp3) is 1.00.